The van der Waals surface area contributed by atoms with Gasteiger partial charge in [0.05, 0.1) is 14.2 Å². The van der Waals surface area contributed by atoms with Gasteiger partial charge in [0.2, 0.25) is 23.5 Å². The molecule has 1 aromatic heterocycles. The summed E-state index contributed by atoms with van der Waals surface area (Å²) in [7, 11) is 4.51. The molecule has 2 amide bonds. The van der Waals surface area contributed by atoms with Crippen LogP contribution in [0.3, 0.4) is 0 Å². The van der Waals surface area contributed by atoms with Gasteiger partial charge >= 0.3 is 0 Å². The highest BCUT2D eigenvalue weighted by Crippen LogP contribution is 2.44. The maximum Gasteiger partial charge on any atom is 0.231 e. The Morgan fingerprint density at radius 2 is 1.65 bits per heavy atom. The van der Waals surface area contributed by atoms with E-state index >= 15 is 0 Å². The van der Waals surface area contributed by atoms with E-state index in [2.05, 4.69) is 20.6 Å². The van der Waals surface area contributed by atoms with Crippen molar-refractivity contribution >= 4 is 35.4 Å². The number of methoxy groups -OCH3 is 3. The number of rotatable bonds is 14. The van der Waals surface area contributed by atoms with Crippen LogP contribution in [0.5, 0.6) is 17.2 Å². The third-order valence-electron chi connectivity index (χ3n) is 6.24. The lowest BCUT2D eigenvalue weighted by molar-refractivity contribution is -0.119. The number of hydrogen-bond donors (Lipinski definition) is 2. The van der Waals surface area contributed by atoms with Crippen LogP contribution < -0.4 is 24.8 Å². The fourth-order valence-electron chi connectivity index (χ4n) is 3.71. The monoisotopic (exact) mass is 554 g/mol. The van der Waals surface area contributed by atoms with Gasteiger partial charge in [-0.2, -0.15) is 4.98 Å². The van der Waals surface area contributed by atoms with E-state index in [1.165, 1.54) is 21.3 Å². The molecule has 2 aromatic rings. The van der Waals surface area contributed by atoms with Crippen LogP contribution >= 0.6 is 0 Å². The fourth-order valence-corrected chi connectivity index (χ4v) is 3.71. The smallest absolute Gasteiger partial charge is 0.231 e. The number of benzene rings is 1. The first-order valence-electron chi connectivity index (χ1n) is 13.2. The zero-order valence-electron chi connectivity index (χ0n) is 24.1. The van der Waals surface area contributed by atoms with Gasteiger partial charge in [-0.1, -0.05) is 27.7 Å². The van der Waals surface area contributed by atoms with Gasteiger partial charge < -0.3 is 24.3 Å². The number of hydrogen-bond acceptors (Lipinski definition) is 9. The fraction of sp³-hybridized carbons (Fsp3) is 0.483. The molecule has 11 nitrogen and oxygen atoms in total. The van der Waals surface area contributed by atoms with E-state index < -0.39 is 0 Å². The molecular formula is C29H38N4O7. The van der Waals surface area contributed by atoms with Crippen molar-refractivity contribution in [1.29, 1.82) is 0 Å². The SMILES string of the molecule is COCOc1c(C=CC(=O)C2CC2)c(Cc2cnc(NC(=O)C(C)C)nc2NC(=O)C(C)C)cc(OC)c1OC. The van der Waals surface area contributed by atoms with E-state index in [9.17, 15) is 14.4 Å². The predicted octanol–water partition coefficient (Wildman–Crippen LogP) is 4.25. The number of nitrogens with zero attached hydrogens (tertiary/aromatic N) is 2. The molecule has 1 heterocycles. The van der Waals surface area contributed by atoms with Gasteiger partial charge in [-0.05, 0) is 36.6 Å². The molecule has 40 heavy (non-hydrogen) atoms. The first-order chi connectivity index (χ1) is 19.1. The molecule has 1 saturated carbocycles. The number of allylic oxidation sites excluding steroid dienone is 1. The second kappa shape index (κ2) is 13.9. The third-order valence-corrected chi connectivity index (χ3v) is 6.24. The minimum absolute atomic E-state index is 0.0388. The Hall–Kier alpha value is -3.99. The van der Waals surface area contributed by atoms with Gasteiger partial charge in [0.1, 0.15) is 5.82 Å². The van der Waals surface area contributed by atoms with E-state index in [0.29, 0.717) is 33.9 Å². The molecule has 0 radical (unpaired) electrons. The minimum Gasteiger partial charge on any atom is -0.493 e. The molecule has 1 aromatic carbocycles. The first kappa shape index (κ1) is 30.6. The molecule has 0 unspecified atom stereocenters. The number of aromatic nitrogens is 2. The molecule has 1 fully saturated rings. The summed E-state index contributed by atoms with van der Waals surface area (Å²) in [6.07, 6.45) is 6.79. The summed E-state index contributed by atoms with van der Waals surface area (Å²) in [5.74, 6) is 0.434. The quantitative estimate of drug-likeness (QED) is 0.259. The summed E-state index contributed by atoms with van der Waals surface area (Å²) < 4.78 is 22.2. The van der Waals surface area contributed by atoms with Gasteiger partial charge in [0.25, 0.3) is 0 Å². The Morgan fingerprint density at radius 3 is 2.23 bits per heavy atom. The van der Waals surface area contributed by atoms with Crippen molar-refractivity contribution in [1.82, 2.24) is 9.97 Å². The maximum absolute atomic E-state index is 12.7. The highest BCUT2D eigenvalue weighted by Gasteiger charge is 2.28. The summed E-state index contributed by atoms with van der Waals surface area (Å²) in [5, 5.41) is 5.52. The Bertz CT molecular complexity index is 1270. The lowest BCUT2D eigenvalue weighted by Crippen LogP contribution is -2.23. The lowest BCUT2D eigenvalue weighted by Gasteiger charge is -2.20. The van der Waals surface area contributed by atoms with Gasteiger partial charge in [0.15, 0.2) is 24.1 Å². The molecule has 0 bridgehead atoms. The first-order valence-corrected chi connectivity index (χ1v) is 13.2. The number of anilines is 2. The van der Waals surface area contributed by atoms with E-state index in [1.54, 1.807) is 52.1 Å². The molecule has 0 spiro atoms. The van der Waals surface area contributed by atoms with E-state index in [1.807, 2.05) is 0 Å². The van der Waals surface area contributed by atoms with E-state index in [-0.39, 0.29) is 60.3 Å². The van der Waals surface area contributed by atoms with Crippen LogP contribution in [0.2, 0.25) is 0 Å². The van der Waals surface area contributed by atoms with Gasteiger partial charge in [-0.3, -0.25) is 19.7 Å². The molecule has 216 valence electrons. The Kier molecular flexibility index (Phi) is 10.6. The second-order valence-electron chi connectivity index (χ2n) is 10.1. The third kappa shape index (κ3) is 7.78. The highest BCUT2D eigenvalue weighted by molar-refractivity contribution is 5.97. The number of carbonyl (C=O) groups is 3. The summed E-state index contributed by atoms with van der Waals surface area (Å²) >= 11 is 0. The lowest BCUT2D eigenvalue weighted by atomic mass is 9.97. The number of amides is 2. The Balaban J connectivity index is 2.14. The number of ether oxygens (including phenoxy) is 4. The molecule has 1 aliphatic rings. The molecule has 11 heteroatoms. The molecule has 2 N–H and O–H groups in total. The van der Waals surface area contributed by atoms with Crippen LogP contribution in [0.1, 0.15) is 57.2 Å². The van der Waals surface area contributed by atoms with Gasteiger partial charge in [0, 0.05) is 48.6 Å². The zero-order chi connectivity index (χ0) is 29.4. The van der Waals surface area contributed by atoms with Crippen molar-refractivity contribution in [3.63, 3.8) is 0 Å². The van der Waals surface area contributed by atoms with Crippen LogP contribution in [-0.4, -0.2) is 55.7 Å². The minimum atomic E-state index is -0.307. The standard InChI is InChI=1S/C29H38N4O7/c1-16(2)27(35)31-26-20(14-30-29(32-26)33-28(36)17(3)4)12-19-13-23(38-6)25(39-7)24(40-15-37-5)21(19)10-11-22(34)18-8-9-18/h10-11,13-14,16-18H,8-9,12,15H2,1-7H3,(H2,30,31,32,33,35,36). The summed E-state index contributed by atoms with van der Waals surface area (Å²) in [6.45, 7) is 6.99. The molecule has 0 saturated heterocycles. The number of ketones is 1. The van der Waals surface area contributed by atoms with Crippen LogP contribution in [0.25, 0.3) is 6.08 Å². The van der Waals surface area contributed by atoms with Crippen molar-refractivity contribution in [3.05, 3.63) is 35.0 Å². The maximum atomic E-state index is 12.7. The Morgan fingerprint density at radius 1 is 0.975 bits per heavy atom. The van der Waals surface area contributed by atoms with Crippen molar-refractivity contribution < 1.29 is 33.3 Å². The van der Waals surface area contributed by atoms with Crippen LogP contribution in [0, 0.1) is 17.8 Å². The summed E-state index contributed by atoms with van der Waals surface area (Å²) in [5.41, 5.74) is 1.86. The van der Waals surface area contributed by atoms with Crippen molar-refractivity contribution in [3.8, 4) is 17.2 Å². The topological polar surface area (TPSA) is 138 Å². The van der Waals surface area contributed by atoms with Crippen LogP contribution in [0.15, 0.2) is 18.3 Å². The normalized spacial score (nSPS) is 13.0. The molecule has 1 aliphatic carbocycles. The summed E-state index contributed by atoms with van der Waals surface area (Å²) in [4.78, 5) is 46.2. The highest BCUT2D eigenvalue weighted by atomic mass is 16.7. The van der Waals surface area contributed by atoms with Gasteiger partial charge in [-0.25, -0.2) is 4.98 Å². The second-order valence-corrected chi connectivity index (χ2v) is 10.1. The predicted molar refractivity (Wildman–Crippen MR) is 151 cm³/mol. The number of carbonyl (C=O) groups excluding carboxylic acids is 3. The average molecular weight is 555 g/mol. The van der Waals surface area contributed by atoms with Crippen LogP contribution in [0.4, 0.5) is 11.8 Å². The molecular weight excluding hydrogens is 516 g/mol. The zero-order valence-corrected chi connectivity index (χ0v) is 24.1. The van der Waals surface area contributed by atoms with Crippen molar-refractivity contribution in [2.24, 2.45) is 17.8 Å². The molecule has 3 rings (SSSR count). The van der Waals surface area contributed by atoms with Crippen molar-refractivity contribution in [2.75, 3.05) is 38.8 Å². The molecule has 0 atom stereocenters. The Labute approximate surface area is 234 Å². The summed E-state index contributed by atoms with van der Waals surface area (Å²) in [6, 6.07) is 1.78. The average Bonchev–Trinajstić information content (AvgIpc) is 3.77. The largest absolute Gasteiger partial charge is 0.493 e. The number of nitrogens with one attached hydrogen (secondary N) is 2. The van der Waals surface area contributed by atoms with E-state index in [4.69, 9.17) is 18.9 Å². The molecule has 0 aliphatic heterocycles. The van der Waals surface area contributed by atoms with Gasteiger partial charge in [-0.15, -0.1) is 0 Å². The van der Waals surface area contributed by atoms with Crippen LogP contribution in [-0.2, 0) is 25.5 Å². The van der Waals surface area contributed by atoms with E-state index in [0.717, 1.165) is 12.8 Å². The van der Waals surface area contributed by atoms with Crippen molar-refractivity contribution in [2.45, 2.75) is 47.0 Å².